The Morgan fingerprint density at radius 2 is 2.10 bits per heavy atom. The standard InChI is InChI=1S/C16H23N3O/c1-5-6-20-16-13(4)7-11(2)8-15(16)12(3)9-14-10-17-19-18-14/h7-8,10,12H,5-6,9H2,1-4H3,(H,17,18,19). The van der Waals surface area contributed by atoms with E-state index in [1.165, 1.54) is 16.7 Å². The average Bonchev–Trinajstić information content (AvgIpc) is 2.89. The molecule has 0 aliphatic heterocycles. The van der Waals surface area contributed by atoms with Gasteiger partial charge in [-0.15, -0.1) is 0 Å². The first-order valence-corrected chi connectivity index (χ1v) is 7.20. The van der Waals surface area contributed by atoms with E-state index in [-0.39, 0.29) is 0 Å². The Kier molecular flexibility index (Phi) is 4.77. The van der Waals surface area contributed by atoms with Crippen LogP contribution >= 0.6 is 0 Å². The third-order valence-electron chi connectivity index (χ3n) is 3.41. The number of nitrogens with zero attached hydrogens (tertiary/aromatic N) is 2. The Balaban J connectivity index is 2.27. The Hall–Kier alpha value is -1.84. The van der Waals surface area contributed by atoms with E-state index in [1.54, 1.807) is 6.20 Å². The van der Waals surface area contributed by atoms with Crippen molar-refractivity contribution in [3.63, 3.8) is 0 Å². The maximum atomic E-state index is 5.97. The highest BCUT2D eigenvalue weighted by Crippen LogP contribution is 2.33. The summed E-state index contributed by atoms with van der Waals surface area (Å²) in [6, 6.07) is 4.40. The SMILES string of the molecule is CCCOc1c(C)cc(C)cc1C(C)Cc1cn[nH]n1. The first-order valence-electron chi connectivity index (χ1n) is 7.20. The molecule has 0 radical (unpaired) electrons. The fourth-order valence-corrected chi connectivity index (χ4v) is 2.50. The average molecular weight is 273 g/mol. The van der Waals surface area contributed by atoms with Crippen LogP contribution in [0.15, 0.2) is 18.3 Å². The van der Waals surface area contributed by atoms with Crippen LogP contribution in [0.3, 0.4) is 0 Å². The van der Waals surface area contributed by atoms with Crippen LogP contribution < -0.4 is 4.74 Å². The lowest BCUT2D eigenvalue weighted by Crippen LogP contribution is -2.06. The zero-order chi connectivity index (χ0) is 14.5. The summed E-state index contributed by atoms with van der Waals surface area (Å²) in [4.78, 5) is 0. The number of hydrogen-bond acceptors (Lipinski definition) is 3. The van der Waals surface area contributed by atoms with Gasteiger partial charge in [0.2, 0.25) is 0 Å². The lowest BCUT2D eigenvalue weighted by molar-refractivity contribution is 0.310. The maximum Gasteiger partial charge on any atom is 0.125 e. The molecule has 0 fully saturated rings. The third kappa shape index (κ3) is 3.38. The second-order valence-electron chi connectivity index (χ2n) is 5.42. The molecule has 1 heterocycles. The molecule has 1 aromatic carbocycles. The maximum absolute atomic E-state index is 5.97. The highest BCUT2D eigenvalue weighted by molar-refractivity contribution is 5.45. The van der Waals surface area contributed by atoms with Crippen molar-refractivity contribution in [2.75, 3.05) is 6.61 Å². The molecule has 0 saturated heterocycles. The molecule has 4 nitrogen and oxygen atoms in total. The monoisotopic (exact) mass is 273 g/mol. The first-order chi connectivity index (χ1) is 9.61. The van der Waals surface area contributed by atoms with Gasteiger partial charge >= 0.3 is 0 Å². The number of aromatic nitrogens is 3. The molecule has 2 aromatic rings. The molecule has 20 heavy (non-hydrogen) atoms. The van der Waals surface area contributed by atoms with Gasteiger partial charge < -0.3 is 4.74 Å². The van der Waals surface area contributed by atoms with E-state index >= 15 is 0 Å². The van der Waals surface area contributed by atoms with Gasteiger partial charge in [-0.1, -0.05) is 31.5 Å². The Bertz CT molecular complexity index is 549. The summed E-state index contributed by atoms with van der Waals surface area (Å²) >= 11 is 0. The van der Waals surface area contributed by atoms with Gasteiger partial charge in [0.05, 0.1) is 18.5 Å². The number of benzene rings is 1. The molecular weight excluding hydrogens is 250 g/mol. The second kappa shape index (κ2) is 6.55. The molecule has 1 N–H and O–H groups in total. The minimum absolute atomic E-state index is 0.352. The Morgan fingerprint density at radius 3 is 2.75 bits per heavy atom. The largest absolute Gasteiger partial charge is 0.493 e. The lowest BCUT2D eigenvalue weighted by atomic mass is 9.92. The smallest absolute Gasteiger partial charge is 0.125 e. The highest BCUT2D eigenvalue weighted by atomic mass is 16.5. The molecule has 0 amide bonds. The van der Waals surface area contributed by atoms with Crippen molar-refractivity contribution >= 4 is 0 Å². The predicted octanol–water partition coefficient (Wildman–Crippen LogP) is 3.56. The molecule has 1 atom stereocenters. The van der Waals surface area contributed by atoms with E-state index in [2.05, 4.69) is 55.2 Å². The summed E-state index contributed by atoms with van der Waals surface area (Å²) in [5.41, 5.74) is 4.73. The van der Waals surface area contributed by atoms with Crippen LogP contribution in [-0.4, -0.2) is 22.0 Å². The lowest BCUT2D eigenvalue weighted by Gasteiger charge is -2.19. The topological polar surface area (TPSA) is 50.8 Å². The van der Waals surface area contributed by atoms with E-state index in [1.807, 2.05) is 0 Å². The highest BCUT2D eigenvalue weighted by Gasteiger charge is 2.16. The van der Waals surface area contributed by atoms with E-state index < -0.39 is 0 Å². The van der Waals surface area contributed by atoms with Crippen LogP contribution in [-0.2, 0) is 6.42 Å². The first kappa shape index (κ1) is 14.6. The number of rotatable bonds is 6. The van der Waals surface area contributed by atoms with Crippen molar-refractivity contribution < 1.29 is 4.74 Å². The van der Waals surface area contributed by atoms with Gasteiger partial charge in [-0.25, -0.2) is 0 Å². The van der Waals surface area contributed by atoms with Gasteiger partial charge in [-0.05, 0) is 43.7 Å². The van der Waals surface area contributed by atoms with Crippen molar-refractivity contribution in [1.29, 1.82) is 0 Å². The van der Waals surface area contributed by atoms with Gasteiger partial charge in [0.25, 0.3) is 0 Å². The summed E-state index contributed by atoms with van der Waals surface area (Å²) in [5.74, 6) is 1.39. The summed E-state index contributed by atoms with van der Waals surface area (Å²) < 4.78 is 5.97. The predicted molar refractivity (Wildman–Crippen MR) is 80.2 cm³/mol. The van der Waals surface area contributed by atoms with E-state index in [0.717, 1.165) is 30.9 Å². The van der Waals surface area contributed by atoms with Crippen molar-refractivity contribution in [2.45, 2.75) is 46.5 Å². The van der Waals surface area contributed by atoms with Crippen LogP contribution in [0.4, 0.5) is 0 Å². The zero-order valence-electron chi connectivity index (χ0n) is 12.7. The quantitative estimate of drug-likeness (QED) is 0.875. The minimum Gasteiger partial charge on any atom is -0.493 e. The fourth-order valence-electron chi connectivity index (χ4n) is 2.50. The third-order valence-corrected chi connectivity index (χ3v) is 3.41. The molecule has 108 valence electrons. The number of hydrogen-bond donors (Lipinski definition) is 1. The van der Waals surface area contributed by atoms with Crippen LogP contribution in [0.25, 0.3) is 0 Å². The van der Waals surface area contributed by atoms with Gasteiger partial charge in [-0.2, -0.15) is 15.4 Å². The number of aromatic amines is 1. The van der Waals surface area contributed by atoms with Crippen molar-refractivity contribution in [3.8, 4) is 5.75 Å². The Labute approximate surface area is 120 Å². The molecule has 0 aliphatic carbocycles. The second-order valence-corrected chi connectivity index (χ2v) is 5.42. The minimum atomic E-state index is 0.352. The number of nitrogens with one attached hydrogen (secondary N) is 1. The van der Waals surface area contributed by atoms with Crippen molar-refractivity contribution in [3.05, 3.63) is 40.7 Å². The summed E-state index contributed by atoms with van der Waals surface area (Å²) in [6.45, 7) is 9.34. The summed E-state index contributed by atoms with van der Waals surface area (Å²) in [5, 5.41) is 10.7. The van der Waals surface area contributed by atoms with E-state index in [9.17, 15) is 0 Å². The molecule has 1 aromatic heterocycles. The van der Waals surface area contributed by atoms with Crippen LogP contribution in [0.2, 0.25) is 0 Å². The normalized spacial score (nSPS) is 12.4. The fraction of sp³-hybridized carbons (Fsp3) is 0.500. The van der Waals surface area contributed by atoms with Gasteiger partial charge in [-0.3, -0.25) is 0 Å². The van der Waals surface area contributed by atoms with Crippen LogP contribution in [0.1, 0.15) is 48.6 Å². The van der Waals surface area contributed by atoms with Crippen LogP contribution in [0, 0.1) is 13.8 Å². The molecule has 1 unspecified atom stereocenters. The number of aryl methyl sites for hydroxylation is 2. The van der Waals surface area contributed by atoms with Crippen molar-refractivity contribution in [2.24, 2.45) is 0 Å². The molecule has 0 saturated carbocycles. The zero-order valence-corrected chi connectivity index (χ0v) is 12.7. The molecule has 2 rings (SSSR count). The van der Waals surface area contributed by atoms with Gasteiger partial charge in [0.1, 0.15) is 5.75 Å². The summed E-state index contributed by atoms with van der Waals surface area (Å²) in [6.07, 6.45) is 3.66. The number of H-pyrrole nitrogens is 1. The van der Waals surface area contributed by atoms with E-state index in [4.69, 9.17) is 4.74 Å². The van der Waals surface area contributed by atoms with Gasteiger partial charge in [0, 0.05) is 0 Å². The number of ether oxygens (including phenoxy) is 1. The molecule has 0 bridgehead atoms. The van der Waals surface area contributed by atoms with E-state index in [0.29, 0.717) is 5.92 Å². The molecule has 0 aliphatic rings. The Morgan fingerprint density at radius 1 is 1.30 bits per heavy atom. The van der Waals surface area contributed by atoms with Crippen LogP contribution in [0.5, 0.6) is 5.75 Å². The van der Waals surface area contributed by atoms with Gasteiger partial charge in [0.15, 0.2) is 0 Å². The van der Waals surface area contributed by atoms with Crippen molar-refractivity contribution in [1.82, 2.24) is 15.4 Å². The summed E-state index contributed by atoms with van der Waals surface area (Å²) in [7, 11) is 0. The molecule has 4 heteroatoms. The molecular formula is C16H23N3O. The molecule has 0 spiro atoms.